The van der Waals surface area contributed by atoms with Crippen LogP contribution in [-0.2, 0) is 25.6 Å². The van der Waals surface area contributed by atoms with E-state index in [1.807, 2.05) is 24.3 Å². The molecule has 0 unspecified atom stereocenters. The Balaban J connectivity index is 2.07. The predicted molar refractivity (Wildman–Crippen MR) is 96.5 cm³/mol. The van der Waals surface area contributed by atoms with Crippen molar-refractivity contribution in [1.29, 1.82) is 0 Å². The van der Waals surface area contributed by atoms with E-state index in [9.17, 15) is 9.59 Å². The van der Waals surface area contributed by atoms with Crippen molar-refractivity contribution < 1.29 is 19.1 Å². The van der Waals surface area contributed by atoms with Crippen LogP contribution >= 0.6 is 0 Å². The predicted octanol–water partition coefficient (Wildman–Crippen LogP) is 3.53. The standard InChI is InChI=1S/C20H27NO4/c1-5-7-12-21(6-2)14-16-10-8-15(9-11-16)13-17-18(22)24-20(3,4)25-19(17)23/h8-11,13H,5-7,12,14H2,1-4H3. The molecule has 1 aromatic carbocycles. The number of hydrogen-bond donors (Lipinski definition) is 0. The van der Waals surface area contributed by atoms with E-state index in [2.05, 4.69) is 18.7 Å². The van der Waals surface area contributed by atoms with Gasteiger partial charge in [0.15, 0.2) is 0 Å². The first kappa shape index (κ1) is 19.2. The largest absolute Gasteiger partial charge is 0.419 e. The molecule has 0 aromatic heterocycles. The Morgan fingerprint density at radius 2 is 1.64 bits per heavy atom. The Hall–Kier alpha value is -2.14. The van der Waals surface area contributed by atoms with E-state index in [4.69, 9.17) is 9.47 Å². The molecule has 1 fully saturated rings. The zero-order valence-corrected chi connectivity index (χ0v) is 15.5. The zero-order valence-electron chi connectivity index (χ0n) is 15.5. The van der Waals surface area contributed by atoms with Gasteiger partial charge in [-0.3, -0.25) is 4.90 Å². The van der Waals surface area contributed by atoms with Gasteiger partial charge in [0.1, 0.15) is 5.57 Å². The van der Waals surface area contributed by atoms with E-state index < -0.39 is 17.7 Å². The number of carbonyl (C=O) groups is 2. The molecule has 25 heavy (non-hydrogen) atoms. The topological polar surface area (TPSA) is 55.8 Å². The first-order valence-corrected chi connectivity index (χ1v) is 8.84. The van der Waals surface area contributed by atoms with Crippen LogP contribution in [0.15, 0.2) is 29.8 Å². The van der Waals surface area contributed by atoms with Crippen LogP contribution in [-0.4, -0.2) is 35.7 Å². The van der Waals surface area contributed by atoms with Crippen LogP contribution in [0.1, 0.15) is 51.7 Å². The summed E-state index contributed by atoms with van der Waals surface area (Å²) in [6, 6.07) is 7.83. The summed E-state index contributed by atoms with van der Waals surface area (Å²) in [6.07, 6.45) is 3.89. The van der Waals surface area contributed by atoms with Gasteiger partial charge in [0, 0.05) is 20.4 Å². The van der Waals surface area contributed by atoms with Gasteiger partial charge in [0.2, 0.25) is 0 Å². The highest BCUT2D eigenvalue weighted by Gasteiger charge is 2.38. The van der Waals surface area contributed by atoms with Crippen LogP contribution < -0.4 is 0 Å². The van der Waals surface area contributed by atoms with Gasteiger partial charge >= 0.3 is 11.9 Å². The Bertz CT molecular complexity index is 624. The lowest BCUT2D eigenvalue weighted by Crippen LogP contribution is -2.41. The third-order valence-electron chi connectivity index (χ3n) is 4.09. The monoisotopic (exact) mass is 345 g/mol. The van der Waals surface area contributed by atoms with E-state index in [1.165, 1.54) is 38.3 Å². The van der Waals surface area contributed by atoms with Crippen molar-refractivity contribution >= 4 is 18.0 Å². The van der Waals surface area contributed by atoms with Crippen molar-refractivity contribution in [2.45, 2.75) is 52.9 Å². The second-order valence-corrected chi connectivity index (χ2v) is 6.70. The normalized spacial score (nSPS) is 16.6. The summed E-state index contributed by atoms with van der Waals surface area (Å²) >= 11 is 0. The first-order chi connectivity index (χ1) is 11.8. The molecule has 0 N–H and O–H groups in total. The summed E-state index contributed by atoms with van der Waals surface area (Å²) in [4.78, 5) is 26.4. The second kappa shape index (κ2) is 8.30. The fourth-order valence-corrected chi connectivity index (χ4v) is 2.65. The minimum absolute atomic E-state index is 0.0785. The smallest absolute Gasteiger partial charge is 0.348 e. The van der Waals surface area contributed by atoms with Gasteiger partial charge in [0.25, 0.3) is 5.79 Å². The lowest BCUT2D eigenvalue weighted by atomic mass is 10.1. The van der Waals surface area contributed by atoms with Crippen molar-refractivity contribution in [3.05, 3.63) is 41.0 Å². The van der Waals surface area contributed by atoms with E-state index in [-0.39, 0.29) is 5.57 Å². The molecule has 0 aliphatic carbocycles. The molecule has 0 radical (unpaired) electrons. The maximum Gasteiger partial charge on any atom is 0.348 e. The average molecular weight is 345 g/mol. The summed E-state index contributed by atoms with van der Waals surface area (Å²) < 4.78 is 10.2. The quantitative estimate of drug-likeness (QED) is 0.430. The van der Waals surface area contributed by atoms with Gasteiger partial charge in [-0.25, -0.2) is 9.59 Å². The van der Waals surface area contributed by atoms with Crippen molar-refractivity contribution in [2.24, 2.45) is 0 Å². The molecule has 0 bridgehead atoms. The Labute approximate surface area is 149 Å². The van der Waals surface area contributed by atoms with E-state index in [0.717, 1.165) is 25.2 Å². The fourth-order valence-electron chi connectivity index (χ4n) is 2.65. The summed E-state index contributed by atoms with van der Waals surface area (Å²) in [5.74, 6) is -2.51. The lowest BCUT2D eigenvalue weighted by Gasteiger charge is -2.29. The van der Waals surface area contributed by atoms with Gasteiger partial charge in [-0.15, -0.1) is 0 Å². The maximum absolute atomic E-state index is 12.0. The summed E-state index contributed by atoms with van der Waals surface area (Å²) in [5.41, 5.74) is 1.89. The van der Waals surface area contributed by atoms with Crippen LogP contribution in [0.5, 0.6) is 0 Å². The molecule has 1 aliphatic heterocycles. The number of unbranched alkanes of at least 4 members (excludes halogenated alkanes) is 1. The summed E-state index contributed by atoms with van der Waals surface area (Å²) in [5, 5.41) is 0. The van der Waals surface area contributed by atoms with Crippen LogP contribution in [0, 0.1) is 0 Å². The van der Waals surface area contributed by atoms with Gasteiger partial charge in [-0.2, -0.15) is 0 Å². The molecule has 1 aromatic rings. The molecular formula is C20H27NO4. The van der Waals surface area contributed by atoms with Crippen LogP contribution in [0.4, 0.5) is 0 Å². The van der Waals surface area contributed by atoms with Crippen molar-refractivity contribution in [3.8, 4) is 0 Å². The number of esters is 2. The molecule has 0 saturated carbocycles. The first-order valence-electron chi connectivity index (χ1n) is 8.84. The molecule has 5 heteroatoms. The highest BCUT2D eigenvalue weighted by molar-refractivity contribution is 6.18. The van der Waals surface area contributed by atoms with Crippen LogP contribution in [0.2, 0.25) is 0 Å². The Kier molecular flexibility index (Phi) is 6.37. The van der Waals surface area contributed by atoms with E-state index in [0.29, 0.717) is 0 Å². The number of cyclic esters (lactones) is 2. The summed E-state index contributed by atoms with van der Waals surface area (Å²) in [7, 11) is 0. The lowest BCUT2D eigenvalue weighted by molar-refractivity contribution is -0.222. The Morgan fingerprint density at radius 1 is 1.04 bits per heavy atom. The average Bonchev–Trinajstić information content (AvgIpc) is 2.55. The minimum atomic E-state index is -1.21. The van der Waals surface area contributed by atoms with Gasteiger partial charge < -0.3 is 9.47 Å². The summed E-state index contributed by atoms with van der Waals surface area (Å²) in [6.45, 7) is 10.4. The zero-order chi connectivity index (χ0) is 18.4. The SMILES string of the molecule is CCCCN(CC)Cc1ccc(C=C2C(=O)OC(C)(C)OC2=O)cc1. The molecule has 1 saturated heterocycles. The second-order valence-electron chi connectivity index (χ2n) is 6.70. The maximum atomic E-state index is 12.0. The molecule has 5 nitrogen and oxygen atoms in total. The molecule has 1 aliphatic rings. The molecule has 1 heterocycles. The number of ether oxygens (including phenoxy) is 2. The van der Waals surface area contributed by atoms with E-state index in [1.54, 1.807) is 0 Å². The minimum Gasteiger partial charge on any atom is -0.419 e. The number of nitrogens with zero attached hydrogens (tertiary/aromatic N) is 1. The molecule has 0 atom stereocenters. The number of carbonyl (C=O) groups excluding carboxylic acids is 2. The number of benzene rings is 1. The van der Waals surface area contributed by atoms with Crippen LogP contribution in [0.25, 0.3) is 6.08 Å². The molecule has 2 rings (SSSR count). The molecular weight excluding hydrogens is 318 g/mol. The Morgan fingerprint density at radius 3 is 2.16 bits per heavy atom. The fraction of sp³-hybridized carbons (Fsp3) is 0.500. The molecule has 136 valence electrons. The van der Waals surface area contributed by atoms with E-state index >= 15 is 0 Å². The molecule has 0 spiro atoms. The van der Waals surface area contributed by atoms with Gasteiger partial charge in [-0.1, -0.05) is 44.5 Å². The third kappa shape index (κ3) is 5.43. The van der Waals surface area contributed by atoms with Gasteiger partial charge in [-0.05, 0) is 36.7 Å². The van der Waals surface area contributed by atoms with Gasteiger partial charge in [0.05, 0.1) is 0 Å². The number of rotatable bonds is 7. The highest BCUT2D eigenvalue weighted by Crippen LogP contribution is 2.24. The van der Waals surface area contributed by atoms with Crippen molar-refractivity contribution in [2.75, 3.05) is 13.1 Å². The van der Waals surface area contributed by atoms with Crippen LogP contribution in [0.3, 0.4) is 0 Å². The molecule has 0 amide bonds. The van der Waals surface area contributed by atoms with Crippen molar-refractivity contribution in [1.82, 2.24) is 4.90 Å². The highest BCUT2D eigenvalue weighted by atomic mass is 16.7. The third-order valence-corrected chi connectivity index (χ3v) is 4.09. The number of hydrogen-bond acceptors (Lipinski definition) is 5. The van der Waals surface area contributed by atoms with Crippen molar-refractivity contribution in [3.63, 3.8) is 0 Å².